The number of carboxylic acid groups (broad SMARTS) is 1. The second-order valence-electron chi connectivity index (χ2n) is 3.13. The van der Waals surface area contributed by atoms with Gasteiger partial charge in [0.15, 0.2) is 0 Å². The third kappa shape index (κ3) is 3.41. The molecule has 0 saturated heterocycles. The second kappa shape index (κ2) is 5.14. The third-order valence-corrected chi connectivity index (χ3v) is 1.95. The molecule has 0 aliphatic heterocycles. The van der Waals surface area contributed by atoms with Gasteiger partial charge in [-0.1, -0.05) is 6.92 Å². The largest absolute Gasteiger partial charge is 0.480 e. The van der Waals surface area contributed by atoms with E-state index in [1.807, 2.05) is 0 Å². The molecule has 1 amide bonds. The van der Waals surface area contributed by atoms with Gasteiger partial charge in [0.25, 0.3) is 0 Å². The number of aromatic amines is 1. The maximum absolute atomic E-state index is 11.4. The number of aromatic nitrogens is 2. The van der Waals surface area contributed by atoms with E-state index >= 15 is 0 Å². The number of hydrogen-bond donors (Lipinski definition) is 3. The van der Waals surface area contributed by atoms with Gasteiger partial charge in [-0.3, -0.25) is 9.89 Å². The van der Waals surface area contributed by atoms with E-state index in [0.29, 0.717) is 12.1 Å². The summed E-state index contributed by atoms with van der Waals surface area (Å²) in [5.74, 6) is -1.34. The van der Waals surface area contributed by atoms with Gasteiger partial charge in [-0.05, 0) is 12.5 Å². The summed E-state index contributed by atoms with van der Waals surface area (Å²) >= 11 is 0. The lowest BCUT2D eigenvalue weighted by Gasteiger charge is -2.11. The summed E-state index contributed by atoms with van der Waals surface area (Å²) < 4.78 is 0. The van der Waals surface area contributed by atoms with Crippen LogP contribution in [0, 0.1) is 0 Å². The van der Waals surface area contributed by atoms with Gasteiger partial charge < -0.3 is 10.4 Å². The molecule has 1 aromatic heterocycles. The number of aliphatic carboxylic acids is 1. The average molecular weight is 211 g/mol. The molecule has 0 radical (unpaired) electrons. The fourth-order valence-corrected chi connectivity index (χ4v) is 1.14. The van der Waals surface area contributed by atoms with Crippen LogP contribution in [-0.4, -0.2) is 33.2 Å². The first-order valence-electron chi connectivity index (χ1n) is 4.64. The lowest BCUT2D eigenvalue weighted by molar-refractivity contribution is -0.141. The van der Waals surface area contributed by atoms with Crippen LogP contribution in [0.5, 0.6) is 0 Å². The van der Waals surface area contributed by atoms with E-state index in [1.165, 1.54) is 6.20 Å². The Morgan fingerprint density at radius 1 is 1.67 bits per heavy atom. The van der Waals surface area contributed by atoms with Crippen molar-refractivity contribution >= 4 is 11.9 Å². The standard InChI is InChI=1S/C9H13N3O3/c1-2-7(9(14)15)11-8(13)5-6-3-4-10-12-6/h3-4,7H,2,5H2,1H3,(H,10,12)(H,11,13)(H,14,15)/t7-/m1/s1. The summed E-state index contributed by atoms with van der Waals surface area (Å²) in [5, 5.41) is 17.5. The van der Waals surface area contributed by atoms with Gasteiger partial charge in [-0.25, -0.2) is 4.79 Å². The van der Waals surface area contributed by atoms with Crippen molar-refractivity contribution in [2.45, 2.75) is 25.8 Å². The minimum absolute atomic E-state index is 0.115. The summed E-state index contributed by atoms with van der Waals surface area (Å²) in [4.78, 5) is 22.0. The lowest BCUT2D eigenvalue weighted by atomic mass is 10.2. The summed E-state index contributed by atoms with van der Waals surface area (Å²) in [5.41, 5.74) is 0.660. The minimum Gasteiger partial charge on any atom is -0.480 e. The SMILES string of the molecule is CC[C@@H](NC(=O)Cc1ccn[nH]1)C(=O)O. The Labute approximate surface area is 86.7 Å². The first-order valence-corrected chi connectivity index (χ1v) is 4.64. The molecule has 15 heavy (non-hydrogen) atoms. The van der Waals surface area contributed by atoms with Crippen LogP contribution in [0.4, 0.5) is 0 Å². The maximum atomic E-state index is 11.4. The Hall–Kier alpha value is -1.85. The lowest BCUT2D eigenvalue weighted by Crippen LogP contribution is -2.41. The Balaban J connectivity index is 2.45. The first kappa shape index (κ1) is 11.2. The quantitative estimate of drug-likeness (QED) is 0.635. The van der Waals surface area contributed by atoms with Gasteiger partial charge in [-0.2, -0.15) is 5.10 Å². The van der Waals surface area contributed by atoms with Gasteiger partial charge in [0.1, 0.15) is 6.04 Å². The molecule has 1 rings (SSSR count). The summed E-state index contributed by atoms with van der Waals surface area (Å²) in [6.45, 7) is 1.70. The fraction of sp³-hybridized carbons (Fsp3) is 0.444. The van der Waals surface area contributed by atoms with E-state index in [0.717, 1.165) is 0 Å². The third-order valence-electron chi connectivity index (χ3n) is 1.95. The first-order chi connectivity index (χ1) is 7.13. The van der Waals surface area contributed by atoms with Crippen LogP contribution in [0.3, 0.4) is 0 Å². The van der Waals surface area contributed by atoms with Crippen molar-refractivity contribution in [3.05, 3.63) is 18.0 Å². The van der Waals surface area contributed by atoms with Crippen LogP contribution in [0.1, 0.15) is 19.0 Å². The van der Waals surface area contributed by atoms with Crippen molar-refractivity contribution in [3.8, 4) is 0 Å². The molecule has 1 aromatic rings. The van der Waals surface area contributed by atoms with Gasteiger partial charge in [0.05, 0.1) is 6.42 Å². The zero-order valence-corrected chi connectivity index (χ0v) is 8.36. The van der Waals surface area contributed by atoms with E-state index in [-0.39, 0.29) is 12.3 Å². The molecule has 82 valence electrons. The number of carbonyl (C=O) groups excluding carboxylic acids is 1. The molecule has 6 nitrogen and oxygen atoms in total. The zero-order valence-electron chi connectivity index (χ0n) is 8.36. The number of hydrogen-bond acceptors (Lipinski definition) is 3. The summed E-state index contributed by atoms with van der Waals surface area (Å²) in [6, 6.07) is 0.849. The highest BCUT2D eigenvalue weighted by Gasteiger charge is 2.17. The van der Waals surface area contributed by atoms with Crippen LogP contribution in [0.25, 0.3) is 0 Å². The second-order valence-corrected chi connectivity index (χ2v) is 3.13. The van der Waals surface area contributed by atoms with Crippen molar-refractivity contribution in [2.24, 2.45) is 0 Å². The van der Waals surface area contributed by atoms with E-state index in [2.05, 4.69) is 15.5 Å². The van der Waals surface area contributed by atoms with Gasteiger partial charge in [0.2, 0.25) is 5.91 Å². The van der Waals surface area contributed by atoms with Crippen molar-refractivity contribution in [2.75, 3.05) is 0 Å². The number of nitrogens with one attached hydrogen (secondary N) is 2. The average Bonchev–Trinajstić information content (AvgIpc) is 2.66. The maximum Gasteiger partial charge on any atom is 0.326 e. The molecule has 0 aliphatic rings. The molecule has 1 heterocycles. The molecule has 0 aliphatic carbocycles. The Bertz CT molecular complexity index is 334. The molecule has 0 saturated carbocycles. The normalized spacial score (nSPS) is 12.1. The van der Waals surface area contributed by atoms with Crippen LogP contribution < -0.4 is 5.32 Å². The molecule has 0 fully saturated rings. The van der Waals surface area contributed by atoms with Gasteiger partial charge in [0, 0.05) is 11.9 Å². The fourth-order valence-electron chi connectivity index (χ4n) is 1.14. The summed E-state index contributed by atoms with van der Waals surface area (Å²) in [6.07, 6.45) is 2.02. The number of carbonyl (C=O) groups is 2. The number of amides is 1. The van der Waals surface area contributed by atoms with Gasteiger partial charge >= 0.3 is 5.97 Å². The van der Waals surface area contributed by atoms with Crippen LogP contribution >= 0.6 is 0 Å². The van der Waals surface area contributed by atoms with E-state index in [1.54, 1.807) is 13.0 Å². The molecule has 0 spiro atoms. The number of carboxylic acids is 1. The number of nitrogens with zero attached hydrogens (tertiary/aromatic N) is 1. The molecular formula is C9H13N3O3. The molecule has 1 atom stereocenters. The molecule has 0 unspecified atom stereocenters. The predicted molar refractivity (Wildman–Crippen MR) is 52.1 cm³/mol. The van der Waals surface area contributed by atoms with Gasteiger partial charge in [-0.15, -0.1) is 0 Å². The highest BCUT2D eigenvalue weighted by Crippen LogP contribution is 1.96. The van der Waals surface area contributed by atoms with Crippen LogP contribution in [0.15, 0.2) is 12.3 Å². The molecular weight excluding hydrogens is 198 g/mol. The van der Waals surface area contributed by atoms with Crippen molar-refractivity contribution in [1.29, 1.82) is 0 Å². The van der Waals surface area contributed by atoms with Crippen molar-refractivity contribution in [1.82, 2.24) is 15.5 Å². The smallest absolute Gasteiger partial charge is 0.326 e. The number of H-pyrrole nitrogens is 1. The molecule has 6 heteroatoms. The Morgan fingerprint density at radius 3 is 2.87 bits per heavy atom. The Kier molecular flexibility index (Phi) is 3.84. The topological polar surface area (TPSA) is 95.1 Å². The van der Waals surface area contributed by atoms with Crippen LogP contribution in [0.2, 0.25) is 0 Å². The highest BCUT2D eigenvalue weighted by molar-refractivity contribution is 5.84. The van der Waals surface area contributed by atoms with E-state index < -0.39 is 12.0 Å². The Morgan fingerprint density at radius 2 is 2.40 bits per heavy atom. The number of rotatable bonds is 5. The highest BCUT2D eigenvalue weighted by atomic mass is 16.4. The predicted octanol–water partition coefficient (Wildman–Crippen LogP) is -0.0684. The van der Waals surface area contributed by atoms with Crippen molar-refractivity contribution in [3.63, 3.8) is 0 Å². The van der Waals surface area contributed by atoms with E-state index in [9.17, 15) is 9.59 Å². The zero-order chi connectivity index (χ0) is 11.3. The van der Waals surface area contributed by atoms with Crippen LogP contribution in [-0.2, 0) is 16.0 Å². The minimum atomic E-state index is -1.02. The molecule has 0 aromatic carbocycles. The molecule has 3 N–H and O–H groups in total. The van der Waals surface area contributed by atoms with Crippen molar-refractivity contribution < 1.29 is 14.7 Å². The monoisotopic (exact) mass is 211 g/mol. The van der Waals surface area contributed by atoms with E-state index in [4.69, 9.17) is 5.11 Å². The summed E-state index contributed by atoms with van der Waals surface area (Å²) in [7, 11) is 0. The molecule has 0 bridgehead atoms.